The van der Waals surface area contributed by atoms with Crippen molar-refractivity contribution >= 4 is 5.91 Å². The van der Waals surface area contributed by atoms with Crippen molar-refractivity contribution < 1.29 is 14.3 Å². The van der Waals surface area contributed by atoms with E-state index in [0.29, 0.717) is 25.8 Å². The van der Waals surface area contributed by atoms with E-state index in [1.54, 1.807) is 0 Å². The summed E-state index contributed by atoms with van der Waals surface area (Å²) in [6, 6.07) is 6.40. The van der Waals surface area contributed by atoms with Crippen molar-refractivity contribution in [3.05, 3.63) is 23.8 Å². The number of carbonyl (C=O) groups is 1. The van der Waals surface area contributed by atoms with Crippen LogP contribution in [-0.4, -0.2) is 23.6 Å². The molecule has 0 atom stereocenters. The minimum absolute atomic E-state index is 0.284. The van der Waals surface area contributed by atoms with Gasteiger partial charge >= 0.3 is 0 Å². The van der Waals surface area contributed by atoms with Gasteiger partial charge in [0.15, 0.2) is 11.5 Å². The number of rotatable bonds is 5. The molecular weight excluding hydrogens is 278 g/mol. The predicted molar refractivity (Wildman–Crippen MR) is 84.9 cm³/mol. The van der Waals surface area contributed by atoms with Crippen molar-refractivity contribution in [1.82, 2.24) is 4.90 Å². The second-order valence-corrected chi connectivity index (χ2v) is 6.25. The number of hydrogen-bond donors (Lipinski definition) is 0. The molecule has 2 aliphatic rings. The summed E-state index contributed by atoms with van der Waals surface area (Å²) in [4.78, 5) is 14.6. The molecule has 0 spiro atoms. The first kappa shape index (κ1) is 15.2. The zero-order valence-corrected chi connectivity index (χ0v) is 13.3. The second-order valence-electron chi connectivity index (χ2n) is 6.25. The standard InChI is InChI=1S/C18H25NO3/c1-2-6-18(20)19(15-7-4-3-5-8-15)12-14-9-10-16-17(11-14)22-13-21-16/h9-11,15H,2-8,12-13H2,1H3. The molecule has 1 amide bonds. The molecule has 22 heavy (non-hydrogen) atoms. The summed E-state index contributed by atoms with van der Waals surface area (Å²) in [7, 11) is 0. The maximum Gasteiger partial charge on any atom is 0.231 e. The van der Waals surface area contributed by atoms with E-state index in [-0.39, 0.29) is 5.91 Å². The van der Waals surface area contributed by atoms with Gasteiger partial charge in [-0.1, -0.05) is 32.3 Å². The van der Waals surface area contributed by atoms with E-state index < -0.39 is 0 Å². The zero-order valence-electron chi connectivity index (χ0n) is 13.3. The van der Waals surface area contributed by atoms with E-state index in [9.17, 15) is 4.79 Å². The molecule has 4 heteroatoms. The van der Waals surface area contributed by atoms with Crippen LogP contribution in [0.15, 0.2) is 18.2 Å². The lowest BCUT2D eigenvalue weighted by Crippen LogP contribution is -2.40. The van der Waals surface area contributed by atoms with Crippen LogP contribution < -0.4 is 9.47 Å². The first-order valence-corrected chi connectivity index (χ1v) is 8.46. The number of fused-ring (bicyclic) bond motifs is 1. The number of hydrogen-bond acceptors (Lipinski definition) is 3. The Balaban J connectivity index is 1.75. The maximum atomic E-state index is 12.6. The number of amides is 1. The van der Waals surface area contributed by atoms with Gasteiger partial charge in [0.1, 0.15) is 0 Å². The van der Waals surface area contributed by atoms with E-state index in [1.165, 1.54) is 19.3 Å². The highest BCUT2D eigenvalue weighted by atomic mass is 16.7. The van der Waals surface area contributed by atoms with Gasteiger partial charge < -0.3 is 14.4 Å². The molecule has 1 aliphatic heterocycles. The lowest BCUT2D eigenvalue weighted by Gasteiger charge is -2.34. The first-order valence-electron chi connectivity index (χ1n) is 8.46. The van der Waals surface area contributed by atoms with Crippen LogP contribution in [0, 0.1) is 0 Å². The predicted octanol–water partition coefficient (Wildman–Crippen LogP) is 3.88. The molecule has 1 aliphatic carbocycles. The summed E-state index contributed by atoms with van der Waals surface area (Å²) < 4.78 is 10.8. The number of benzene rings is 1. The fraction of sp³-hybridized carbons (Fsp3) is 0.611. The van der Waals surface area contributed by atoms with Gasteiger partial charge in [-0.15, -0.1) is 0 Å². The van der Waals surface area contributed by atoms with Crippen LogP contribution in [0.25, 0.3) is 0 Å². The lowest BCUT2D eigenvalue weighted by atomic mass is 9.93. The van der Waals surface area contributed by atoms with Crippen molar-refractivity contribution in [2.75, 3.05) is 6.79 Å². The van der Waals surface area contributed by atoms with Crippen LogP contribution in [0.3, 0.4) is 0 Å². The molecule has 0 bridgehead atoms. The molecule has 0 N–H and O–H groups in total. The number of carbonyl (C=O) groups excluding carboxylic acids is 1. The van der Waals surface area contributed by atoms with Crippen molar-refractivity contribution in [3.8, 4) is 11.5 Å². The van der Waals surface area contributed by atoms with Gasteiger partial charge in [-0.3, -0.25) is 4.79 Å². The SMILES string of the molecule is CCCC(=O)N(Cc1ccc2c(c1)OCO2)C1CCCCC1. The van der Waals surface area contributed by atoms with E-state index in [0.717, 1.165) is 36.3 Å². The number of ether oxygens (including phenoxy) is 2. The molecule has 1 aromatic rings. The van der Waals surface area contributed by atoms with Gasteiger partial charge in [-0.2, -0.15) is 0 Å². The van der Waals surface area contributed by atoms with Gasteiger partial charge in [-0.05, 0) is 37.0 Å². The molecule has 1 heterocycles. The molecule has 0 saturated heterocycles. The molecule has 1 aromatic carbocycles. The summed E-state index contributed by atoms with van der Waals surface area (Å²) in [5.74, 6) is 1.88. The van der Waals surface area contributed by atoms with Gasteiger partial charge in [0.05, 0.1) is 0 Å². The Morgan fingerprint density at radius 3 is 2.73 bits per heavy atom. The van der Waals surface area contributed by atoms with Gasteiger partial charge in [0, 0.05) is 19.0 Å². The van der Waals surface area contributed by atoms with Gasteiger partial charge in [0.25, 0.3) is 0 Å². The Labute approximate surface area is 132 Å². The first-order chi connectivity index (χ1) is 10.8. The summed E-state index contributed by atoms with van der Waals surface area (Å²) >= 11 is 0. The fourth-order valence-electron chi connectivity index (χ4n) is 3.41. The lowest BCUT2D eigenvalue weighted by molar-refractivity contribution is -0.135. The van der Waals surface area contributed by atoms with Gasteiger partial charge in [-0.25, -0.2) is 0 Å². The molecule has 4 nitrogen and oxygen atoms in total. The topological polar surface area (TPSA) is 38.8 Å². The highest BCUT2D eigenvalue weighted by Gasteiger charge is 2.25. The van der Waals surface area contributed by atoms with Crippen LogP contribution in [0.4, 0.5) is 0 Å². The van der Waals surface area contributed by atoms with Crippen molar-refractivity contribution in [2.24, 2.45) is 0 Å². The molecular formula is C18H25NO3. The highest BCUT2D eigenvalue weighted by Crippen LogP contribution is 2.33. The van der Waals surface area contributed by atoms with E-state index in [1.807, 2.05) is 18.2 Å². The average Bonchev–Trinajstić information content (AvgIpc) is 3.01. The third kappa shape index (κ3) is 3.37. The highest BCUT2D eigenvalue weighted by molar-refractivity contribution is 5.76. The minimum Gasteiger partial charge on any atom is -0.454 e. The van der Waals surface area contributed by atoms with Gasteiger partial charge in [0.2, 0.25) is 12.7 Å². The van der Waals surface area contributed by atoms with Crippen LogP contribution in [0.1, 0.15) is 57.4 Å². The molecule has 0 aromatic heterocycles. The van der Waals surface area contributed by atoms with Crippen LogP contribution in [0.2, 0.25) is 0 Å². The van der Waals surface area contributed by atoms with Crippen LogP contribution in [0.5, 0.6) is 11.5 Å². The molecule has 0 radical (unpaired) electrons. The van der Waals surface area contributed by atoms with Crippen LogP contribution >= 0.6 is 0 Å². The van der Waals surface area contributed by atoms with Crippen molar-refractivity contribution in [2.45, 2.75) is 64.5 Å². The average molecular weight is 303 g/mol. The van der Waals surface area contributed by atoms with Crippen LogP contribution in [-0.2, 0) is 11.3 Å². The minimum atomic E-state index is 0.284. The maximum absolute atomic E-state index is 12.6. The monoisotopic (exact) mass is 303 g/mol. The van der Waals surface area contributed by atoms with Crippen molar-refractivity contribution in [3.63, 3.8) is 0 Å². The Morgan fingerprint density at radius 2 is 1.95 bits per heavy atom. The summed E-state index contributed by atoms with van der Waals surface area (Å²) in [5, 5.41) is 0. The largest absolute Gasteiger partial charge is 0.454 e. The zero-order chi connectivity index (χ0) is 15.4. The molecule has 3 rings (SSSR count). The Bertz CT molecular complexity index is 523. The third-order valence-corrected chi connectivity index (χ3v) is 4.59. The molecule has 120 valence electrons. The summed E-state index contributed by atoms with van der Waals surface area (Å²) in [5.41, 5.74) is 1.12. The van der Waals surface area contributed by atoms with Crippen molar-refractivity contribution in [1.29, 1.82) is 0 Å². The molecule has 1 saturated carbocycles. The van der Waals surface area contributed by atoms with E-state index >= 15 is 0 Å². The fourth-order valence-corrected chi connectivity index (χ4v) is 3.41. The molecule has 0 unspecified atom stereocenters. The second kappa shape index (κ2) is 7.03. The molecule has 1 fully saturated rings. The Kier molecular flexibility index (Phi) is 4.86. The summed E-state index contributed by atoms with van der Waals surface area (Å²) in [6.45, 7) is 3.04. The van der Waals surface area contributed by atoms with E-state index in [2.05, 4.69) is 11.8 Å². The quantitative estimate of drug-likeness (QED) is 0.828. The van der Waals surface area contributed by atoms with E-state index in [4.69, 9.17) is 9.47 Å². The summed E-state index contributed by atoms with van der Waals surface area (Å²) in [6.07, 6.45) is 7.60. The Hall–Kier alpha value is -1.71. The smallest absolute Gasteiger partial charge is 0.231 e. The third-order valence-electron chi connectivity index (χ3n) is 4.59. The Morgan fingerprint density at radius 1 is 1.18 bits per heavy atom. The normalized spacial score (nSPS) is 17.5. The number of nitrogens with zero attached hydrogens (tertiary/aromatic N) is 1.